The van der Waals surface area contributed by atoms with E-state index in [1.807, 2.05) is 13.1 Å². The highest BCUT2D eigenvalue weighted by Gasteiger charge is 2.13. The third kappa shape index (κ3) is 4.54. The molecule has 1 aliphatic rings. The van der Waals surface area contributed by atoms with Crippen LogP contribution in [0.2, 0.25) is 0 Å². The lowest BCUT2D eigenvalue weighted by Gasteiger charge is -2.18. The van der Waals surface area contributed by atoms with Crippen LogP contribution < -0.4 is 10.2 Å². The smallest absolute Gasteiger partial charge is 0.253 e. The molecule has 0 atom stereocenters. The van der Waals surface area contributed by atoms with Crippen LogP contribution in [-0.2, 0) is 0 Å². The van der Waals surface area contributed by atoms with Crippen molar-refractivity contribution in [3.05, 3.63) is 48.2 Å². The number of unbranched alkanes of at least 4 members (excludes halogenated alkanes) is 1. The third-order valence-corrected chi connectivity index (χ3v) is 4.81. The van der Waals surface area contributed by atoms with E-state index in [-0.39, 0.29) is 5.91 Å². The van der Waals surface area contributed by atoms with Gasteiger partial charge in [-0.3, -0.25) is 4.79 Å². The summed E-state index contributed by atoms with van der Waals surface area (Å²) in [4.78, 5) is 21.0. The van der Waals surface area contributed by atoms with E-state index in [2.05, 4.69) is 46.4 Å². The Balaban J connectivity index is 1.65. The zero-order valence-corrected chi connectivity index (χ0v) is 15.7. The lowest BCUT2D eigenvalue weighted by molar-refractivity contribution is 0.0793. The second kappa shape index (κ2) is 8.70. The van der Waals surface area contributed by atoms with Gasteiger partial charge in [-0.15, -0.1) is 0 Å². The molecule has 138 valence electrons. The minimum atomic E-state index is 0.0354. The molecule has 3 rings (SSSR count). The summed E-state index contributed by atoms with van der Waals surface area (Å²) in [6, 6.07) is 12.0. The number of pyridine rings is 1. The topological polar surface area (TPSA) is 48.5 Å². The van der Waals surface area contributed by atoms with Gasteiger partial charge in [-0.05, 0) is 55.7 Å². The molecular formula is C21H28N4O. The van der Waals surface area contributed by atoms with Crippen molar-refractivity contribution in [3.8, 4) is 0 Å². The van der Waals surface area contributed by atoms with Crippen LogP contribution in [0.25, 0.3) is 0 Å². The number of hydrogen-bond donors (Lipinski definition) is 1. The molecule has 1 fully saturated rings. The summed E-state index contributed by atoms with van der Waals surface area (Å²) < 4.78 is 0. The van der Waals surface area contributed by atoms with Crippen LogP contribution in [0.3, 0.4) is 0 Å². The van der Waals surface area contributed by atoms with Crippen LogP contribution in [0.5, 0.6) is 0 Å². The number of hydrogen-bond acceptors (Lipinski definition) is 4. The highest BCUT2D eigenvalue weighted by atomic mass is 16.2. The third-order valence-electron chi connectivity index (χ3n) is 4.81. The van der Waals surface area contributed by atoms with E-state index in [9.17, 15) is 4.79 Å². The summed E-state index contributed by atoms with van der Waals surface area (Å²) >= 11 is 0. The largest absolute Gasteiger partial charge is 0.372 e. The molecular weight excluding hydrogens is 324 g/mol. The van der Waals surface area contributed by atoms with Gasteiger partial charge in [0.25, 0.3) is 5.91 Å². The van der Waals surface area contributed by atoms with Gasteiger partial charge in [0.1, 0.15) is 5.82 Å². The minimum absolute atomic E-state index is 0.0354. The summed E-state index contributed by atoms with van der Waals surface area (Å²) in [7, 11) is 1.85. The van der Waals surface area contributed by atoms with Crippen LogP contribution in [0.1, 0.15) is 43.0 Å². The van der Waals surface area contributed by atoms with Gasteiger partial charge in [0, 0.05) is 49.8 Å². The van der Waals surface area contributed by atoms with E-state index in [1.54, 1.807) is 17.2 Å². The standard InChI is InChI=1S/C21H28N4O/c1-3-4-13-24(2)21(26)17-11-12-22-20(16-17)23-18-7-9-19(10-8-18)25-14-5-6-15-25/h7-12,16H,3-6,13-15H2,1-2H3,(H,22,23). The number of amides is 1. The number of nitrogens with zero attached hydrogens (tertiary/aromatic N) is 3. The van der Waals surface area contributed by atoms with Crippen molar-refractivity contribution in [2.75, 3.05) is 36.9 Å². The van der Waals surface area contributed by atoms with Crippen molar-refractivity contribution in [2.45, 2.75) is 32.6 Å². The zero-order chi connectivity index (χ0) is 18.4. The number of benzene rings is 1. The highest BCUT2D eigenvalue weighted by molar-refractivity contribution is 5.94. The van der Waals surface area contributed by atoms with Crippen LogP contribution in [0.15, 0.2) is 42.6 Å². The van der Waals surface area contributed by atoms with Crippen LogP contribution >= 0.6 is 0 Å². The molecule has 26 heavy (non-hydrogen) atoms. The van der Waals surface area contributed by atoms with Crippen LogP contribution in [0, 0.1) is 0 Å². The van der Waals surface area contributed by atoms with Gasteiger partial charge < -0.3 is 15.1 Å². The molecule has 1 amide bonds. The van der Waals surface area contributed by atoms with Crippen LogP contribution in [-0.4, -0.2) is 42.5 Å². The summed E-state index contributed by atoms with van der Waals surface area (Å²) in [6.07, 6.45) is 6.33. The van der Waals surface area contributed by atoms with Gasteiger partial charge in [-0.2, -0.15) is 0 Å². The first-order valence-corrected chi connectivity index (χ1v) is 9.51. The fourth-order valence-electron chi connectivity index (χ4n) is 3.23. The molecule has 0 bridgehead atoms. The van der Waals surface area contributed by atoms with E-state index in [0.717, 1.165) is 38.2 Å². The Hall–Kier alpha value is -2.56. The maximum atomic E-state index is 12.5. The Kier molecular flexibility index (Phi) is 6.10. The molecule has 0 saturated carbocycles. The fraction of sp³-hybridized carbons (Fsp3) is 0.429. The summed E-state index contributed by atoms with van der Waals surface area (Å²) in [5.74, 6) is 0.724. The Bertz CT molecular complexity index is 723. The normalized spacial score (nSPS) is 13.7. The Morgan fingerprint density at radius 3 is 2.62 bits per heavy atom. The van der Waals surface area contributed by atoms with Gasteiger partial charge in [0.15, 0.2) is 0 Å². The molecule has 1 aliphatic heterocycles. The summed E-state index contributed by atoms with van der Waals surface area (Å²) in [5, 5.41) is 3.30. The molecule has 1 aromatic heterocycles. The lowest BCUT2D eigenvalue weighted by atomic mass is 10.2. The molecule has 1 N–H and O–H groups in total. The van der Waals surface area contributed by atoms with E-state index in [4.69, 9.17) is 0 Å². The van der Waals surface area contributed by atoms with E-state index < -0.39 is 0 Å². The van der Waals surface area contributed by atoms with Gasteiger partial charge in [-0.1, -0.05) is 13.3 Å². The molecule has 0 unspecified atom stereocenters. The first-order chi connectivity index (χ1) is 12.7. The van der Waals surface area contributed by atoms with Crippen molar-refractivity contribution in [1.29, 1.82) is 0 Å². The molecule has 0 spiro atoms. The molecule has 2 aromatic rings. The van der Waals surface area contributed by atoms with E-state index in [1.165, 1.54) is 18.5 Å². The Morgan fingerprint density at radius 2 is 1.92 bits per heavy atom. The average molecular weight is 352 g/mol. The molecule has 5 nitrogen and oxygen atoms in total. The van der Waals surface area contributed by atoms with Crippen molar-refractivity contribution in [1.82, 2.24) is 9.88 Å². The average Bonchev–Trinajstić information content (AvgIpc) is 3.21. The summed E-state index contributed by atoms with van der Waals surface area (Å²) in [5.41, 5.74) is 2.90. The predicted molar refractivity (Wildman–Crippen MR) is 107 cm³/mol. The van der Waals surface area contributed by atoms with Gasteiger partial charge in [0.05, 0.1) is 0 Å². The minimum Gasteiger partial charge on any atom is -0.372 e. The molecule has 2 heterocycles. The Labute approximate surface area is 156 Å². The fourth-order valence-corrected chi connectivity index (χ4v) is 3.23. The Morgan fingerprint density at radius 1 is 1.19 bits per heavy atom. The number of anilines is 3. The van der Waals surface area contributed by atoms with Crippen molar-refractivity contribution in [2.24, 2.45) is 0 Å². The molecule has 0 radical (unpaired) electrons. The number of carbonyl (C=O) groups is 1. The van der Waals surface area contributed by atoms with Crippen molar-refractivity contribution >= 4 is 23.1 Å². The molecule has 5 heteroatoms. The summed E-state index contributed by atoms with van der Waals surface area (Å²) in [6.45, 7) is 5.19. The molecule has 0 aliphatic carbocycles. The number of rotatable bonds is 7. The first-order valence-electron chi connectivity index (χ1n) is 9.51. The predicted octanol–water partition coefficient (Wildman–Crippen LogP) is 4.30. The second-order valence-corrected chi connectivity index (χ2v) is 6.88. The monoisotopic (exact) mass is 352 g/mol. The maximum Gasteiger partial charge on any atom is 0.253 e. The van der Waals surface area contributed by atoms with Gasteiger partial charge in [-0.25, -0.2) is 4.98 Å². The van der Waals surface area contributed by atoms with Crippen molar-refractivity contribution in [3.63, 3.8) is 0 Å². The lowest BCUT2D eigenvalue weighted by Crippen LogP contribution is -2.27. The second-order valence-electron chi connectivity index (χ2n) is 6.88. The van der Waals surface area contributed by atoms with Crippen LogP contribution in [0.4, 0.5) is 17.2 Å². The van der Waals surface area contributed by atoms with E-state index in [0.29, 0.717) is 11.4 Å². The number of aromatic nitrogens is 1. The van der Waals surface area contributed by atoms with Gasteiger partial charge >= 0.3 is 0 Å². The number of nitrogens with one attached hydrogen (secondary N) is 1. The SMILES string of the molecule is CCCCN(C)C(=O)c1ccnc(Nc2ccc(N3CCCC3)cc2)c1. The van der Waals surface area contributed by atoms with Gasteiger partial charge in [0.2, 0.25) is 0 Å². The zero-order valence-electron chi connectivity index (χ0n) is 15.7. The highest BCUT2D eigenvalue weighted by Crippen LogP contribution is 2.23. The molecule has 1 saturated heterocycles. The maximum absolute atomic E-state index is 12.5. The number of carbonyl (C=O) groups excluding carboxylic acids is 1. The molecule has 1 aromatic carbocycles. The van der Waals surface area contributed by atoms with E-state index >= 15 is 0 Å². The first kappa shape index (κ1) is 18.2. The van der Waals surface area contributed by atoms with Crippen molar-refractivity contribution < 1.29 is 4.79 Å². The quantitative estimate of drug-likeness (QED) is 0.807.